The molecule has 0 aliphatic heterocycles. The van der Waals surface area contributed by atoms with Crippen molar-refractivity contribution in [3.63, 3.8) is 0 Å². The molecule has 1 radical (unpaired) electrons. The van der Waals surface area contributed by atoms with Crippen molar-refractivity contribution in [1.29, 1.82) is 0 Å². The van der Waals surface area contributed by atoms with Gasteiger partial charge in [-0.05, 0) is 18.6 Å². The molecular weight excluding hydrogens is 184 g/mol. The van der Waals surface area contributed by atoms with Crippen LogP contribution in [0.5, 0.6) is 0 Å². The molecule has 0 rings (SSSR count). The minimum atomic E-state index is -1.64. The summed E-state index contributed by atoms with van der Waals surface area (Å²) in [7, 11) is 0. The third-order valence-electron chi connectivity index (χ3n) is 1.55. The van der Waals surface area contributed by atoms with Gasteiger partial charge in [0.2, 0.25) is 0 Å². The van der Waals surface area contributed by atoms with Crippen molar-refractivity contribution >= 4 is 11.6 Å². The van der Waals surface area contributed by atoms with Crippen molar-refractivity contribution in [2.45, 2.75) is 19.1 Å². The van der Waals surface area contributed by atoms with Gasteiger partial charge < -0.3 is 10.2 Å². The lowest BCUT2D eigenvalue weighted by atomic mass is 10.0. The van der Waals surface area contributed by atoms with Gasteiger partial charge in [0.25, 0.3) is 0 Å². The molecule has 0 aliphatic rings. The first-order valence-electron chi connectivity index (χ1n) is 3.97. The first-order chi connectivity index (χ1) is 6.40. The summed E-state index contributed by atoms with van der Waals surface area (Å²) >= 11 is 0. The number of hydrogen-bond acceptors (Lipinski definition) is 4. The van der Waals surface area contributed by atoms with E-state index in [1.807, 2.05) is 0 Å². The summed E-state index contributed by atoms with van der Waals surface area (Å²) in [5, 5.41) is 18.4. The largest absolute Gasteiger partial charge is 0.389 e. The van der Waals surface area contributed by atoms with E-state index in [1.165, 1.54) is 6.92 Å². The molecule has 0 aromatic heterocycles. The Balaban J connectivity index is 4.31. The molecule has 0 aliphatic carbocycles. The minimum Gasteiger partial charge on any atom is -0.389 e. The summed E-state index contributed by atoms with van der Waals surface area (Å²) in [6, 6.07) is 0. The van der Waals surface area contributed by atoms with Crippen LogP contribution in [0.1, 0.15) is 6.92 Å². The van der Waals surface area contributed by atoms with Crippen LogP contribution in [0.3, 0.4) is 0 Å². The lowest BCUT2D eigenvalue weighted by Gasteiger charge is -2.14. The fourth-order valence-corrected chi connectivity index (χ4v) is 0.735. The molecule has 0 aromatic carbocycles. The molecule has 2 unspecified atom stereocenters. The van der Waals surface area contributed by atoms with Gasteiger partial charge in [0.05, 0.1) is 12.5 Å². The first kappa shape index (κ1) is 12.7. The maximum Gasteiger partial charge on any atom is 0.189 e. The number of ketones is 2. The number of Topliss-reactive ketones (excluding diaryl/α,β-unsaturated/α-hetero) is 1. The van der Waals surface area contributed by atoms with Crippen molar-refractivity contribution < 1.29 is 19.8 Å². The number of aliphatic hydroxyl groups excluding tert-OH is 2. The molecule has 0 amide bonds. The zero-order valence-electron chi connectivity index (χ0n) is 7.93. The Hall–Kier alpha value is -1.26. The van der Waals surface area contributed by atoms with E-state index in [0.717, 1.165) is 12.5 Å². The number of rotatable bonds is 6. The first-order valence-corrected chi connectivity index (χ1v) is 3.97. The number of aliphatic hydroxyl groups is 2. The predicted molar refractivity (Wildman–Crippen MR) is 51.3 cm³/mol. The van der Waals surface area contributed by atoms with Gasteiger partial charge in [-0.3, -0.25) is 9.59 Å². The summed E-state index contributed by atoms with van der Waals surface area (Å²) in [5.74, 6) is -1.24. The number of hydrogen-bond donors (Lipinski definition) is 2. The molecule has 2 atom stereocenters. The van der Waals surface area contributed by atoms with Crippen molar-refractivity contribution in [2.75, 3.05) is 0 Å². The third kappa shape index (κ3) is 3.64. The Morgan fingerprint density at radius 2 is 1.86 bits per heavy atom. The van der Waals surface area contributed by atoms with E-state index in [9.17, 15) is 19.8 Å². The normalized spacial score (nSPS) is 14.2. The fourth-order valence-electron chi connectivity index (χ4n) is 0.735. The van der Waals surface area contributed by atoms with Gasteiger partial charge in [0.15, 0.2) is 11.6 Å². The number of carbonyl (C=O) groups is 2. The van der Waals surface area contributed by atoms with Gasteiger partial charge in [-0.15, -0.1) is 0 Å². The van der Waals surface area contributed by atoms with Gasteiger partial charge in [0, 0.05) is 0 Å². The Bertz CT molecular complexity index is 267. The van der Waals surface area contributed by atoms with Crippen molar-refractivity contribution in [2.24, 2.45) is 0 Å². The van der Waals surface area contributed by atoms with Gasteiger partial charge in [0.1, 0.15) is 6.10 Å². The van der Waals surface area contributed by atoms with Gasteiger partial charge >= 0.3 is 0 Å². The van der Waals surface area contributed by atoms with Gasteiger partial charge in [-0.25, -0.2) is 0 Å². The Morgan fingerprint density at radius 1 is 1.36 bits per heavy atom. The smallest absolute Gasteiger partial charge is 0.189 e. The lowest BCUT2D eigenvalue weighted by molar-refractivity contribution is -0.128. The molecule has 77 valence electrons. The van der Waals surface area contributed by atoms with Crippen LogP contribution < -0.4 is 0 Å². The lowest BCUT2D eigenvalue weighted by Crippen LogP contribution is -2.36. The van der Waals surface area contributed by atoms with Gasteiger partial charge in [-0.2, -0.15) is 0 Å². The highest BCUT2D eigenvalue weighted by atomic mass is 16.3. The molecule has 4 nitrogen and oxygen atoms in total. The number of carbonyl (C=O) groups excluding carboxylic acids is 2. The highest BCUT2D eigenvalue weighted by Crippen LogP contribution is 2.05. The van der Waals surface area contributed by atoms with E-state index in [2.05, 4.69) is 13.2 Å². The quantitative estimate of drug-likeness (QED) is 0.579. The Labute approximate surface area is 82.6 Å². The van der Waals surface area contributed by atoms with Crippen LogP contribution in [0.25, 0.3) is 0 Å². The Morgan fingerprint density at radius 3 is 2.21 bits per heavy atom. The molecule has 14 heavy (non-hydrogen) atoms. The summed E-state index contributed by atoms with van der Waals surface area (Å²) in [6.07, 6.45) is -1.37. The van der Waals surface area contributed by atoms with Crippen LogP contribution in [-0.4, -0.2) is 34.0 Å². The second kappa shape index (κ2) is 5.47. The van der Waals surface area contributed by atoms with Crippen LogP contribution in [0, 0.1) is 6.42 Å². The molecule has 0 aromatic rings. The zero-order chi connectivity index (χ0) is 11.3. The van der Waals surface area contributed by atoms with Gasteiger partial charge in [-0.1, -0.05) is 13.2 Å². The average molecular weight is 197 g/mol. The summed E-state index contributed by atoms with van der Waals surface area (Å²) in [5.41, 5.74) is 0.121. The van der Waals surface area contributed by atoms with Crippen LogP contribution in [0.2, 0.25) is 0 Å². The van der Waals surface area contributed by atoms with Crippen LogP contribution in [0.15, 0.2) is 24.8 Å². The van der Waals surface area contributed by atoms with E-state index in [1.54, 1.807) is 0 Å². The monoisotopic (exact) mass is 197 g/mol. The predicted octanol–water partition coefficient (Wildman–Crippen LogP) is -0.187. The molecule has 0 saturated carbocycles. The van der Waals surface area contributed by atoms with Crippen molar-refractivity contribution in [3.05, 3.63) is 31.2 Å². The highest BCUT2D eigenvalue weighted by Gasteiger charge is 2.25. The molecule has 0 saturated heterocycles. The number of allylic oxidation sites excluding steroid dienone is 1. The maximum atomic E-state index is 11.1. The molecule has 2 N–H and O–H groups in total. The molecule has 0 spiro atoms. The van der Waals surface area contributed by atoms with E-state index in [0.29, 0.717) is 0 Å². The second-order valence-electron chi connectivity index (χ2n) is 2.85. The van der Waals surface area contributed by atoms with E-state index >= 15 is 0 Å². The van der Waals surface area contributed by atoms with Crippen molar-refractivity contribution in [1.82, 2.24) is 0 Å². The maximum absolute atomic E-state index is 11.1. The minimum absolute atomic E-state index is 0.121. The average Bonchev–Trinajstić information content (AvgIpc) is 2.14. The second-order valence-corrected chi connectivity index (χ2v) is 2.85. The van der Waals surface area contributed by atoms with E-state index in [-0.39, 0.29) is 5.57 Å². The molecule has 0 bridgehead atoms. The van der Waals surface area contributed by atoms with E-state index in [4.69, 9.17) is 0 Å². The molecule has 4 heteroatoms. The third-order valence-corrected chi connectivity index (χ3v) is 1.55. The summed E-state index contributed by atoms with van der Waals surface area (Å²) in [6.45, 7) is 7.91. The highest BCUT2D eigenvalue weighted by molar-refractivity contribution is 6.01. The topological polar surface area (TPSA) is 74.6 Å². The SMILES string of the molecule is C=CC(=O)[CH]C(O)C(O)C(=O)C(=C)C. The molecule has 0 fully saturated rings. The Kier molecular flexibility index (Phi) is 4.97. The fraction of sp³-hybridized carbons (Fsp3) is 0.300. The van der Waals surface area contributed by atoms with E-state index < -0.39 is 23.8 Å². The summed E-state index contributed by atoms with van der Waals surface area (Å²) in [4.78, 5) is 21.8. The molecular formula is C10H13O4. The standard InChI is InChI=1S/C10H13O4/c1-4-7(11)5-8(12)10(14)9(13)6(2)3/h4-5,8,10,12,14H,1-2H2,3H3. The van der Waals surface area contributed by atoms with Crippen LogP contribution in [-0.2, 0) is 9.59 Å². The van der Waals surface area contributed by atoms with Crippen molar-refractivity contribution in [3.8, 4) is 0 Å². The van der Waals surface area contributed by atoms with Crippen LogP contribution >= 0.6 is 0 Å². The zero-order valence-corrected chi connectivity index (χ0v) is 7.93. The molecule has 0 heterocycles. The van der Waals surface area contributed by atoms with Crippen LogP contribution in [0.4, 0.5) is 0 Å². The summed E-state index contributed by atoms with van der Waals surface area (Å²) < 4.78 is 0.